The monoisotopic (exact) mass is 391 g/mol. The first kappa shape index (κ1) is 18.9. The van der Waals surface area contributed by atoms with E-state index >= 15 is 0 Å². The standard InChI is InChI=1S/C20H22ClNO3S/c21-19-8-4-1-5-15(19)9-14-20(23)22-16-10-12-18(13-11-16)26(24,25)17-6-2-3-7-17/h1,4-5,8,10-13,17H,2-3,6-7,9,14H2,(H,22,23). The molecule has 6 heteroatoms. The van der Waals surface area contributed by atoms with E-state index < -0.39 is 9.84 Å². The van der Waals surface area contributed by atoms with Crippen molar-refractivity contribution in [2.75, 3.05) is 5.32 Å². The van der Waals surface area contributed by atoms with Crippen molar-refractivity contribution in [3.63, 3.8) is 0 Å². The number of carbonyl (C=O) groups excluding carboxylic acids is 1. The zero-order valence-electron chi connectivity index (χ0n) is 14.4. The van der Waals surface area contributed by atoms with Gasteiger partial charge in [-0.25, -0.2) is 8.42 Å². The van der Waals surface area contributed by atoms with E-state index in [1.165, 1.54) is 0 Å². The fourth-order valence-electron chi connectivity index (χ4n) is 3.29. The maximum atomic E-state index is 12.6. The summed E-state index contributed by atoms with van der Waals surface area (Å²) in [6.07, 6.45) is 4.30. The van der Waals surface area contributed by atoms with Crippen molar-refractivity contribution in [3.05, 3.63) is 59.1 Å². The molecule has 1 amide bonds. The van der Waals surface area contributed by atoms with Crippen LogP contribution in [0, 0.1) is 0 Å². The fraction of sp³-hybridized carbons (Fsp3) is 0.350. The number of nitrogens with one attached hydrogen (secondary N) is 1. The molecule has 4 nitrogen and oxygen atoms in total. The predicted molar refractivity (Wildman–Crippen MR) is 104 cm³/mol. The first-order valence-electron chi connectivity index (χ1n) is 8.84. The average molecular weight is 392 g/mol. The van der Waals surface area contributed by atoms with E-state index in [1.54, 1.807) is 30.3 Å². The molecule has 0 saturated heterocycles. The third kappa shape index (κ3) is 4.46. The highest BCUT2D eigenvalue weighted by Gasteiger charge is 2.30. The lowest BCUT2D eigenvalue weighted by molar-refractivity contribution is -0.116. The maximum Gasteiger partial charge on any atom is 0.224 e. The summed E-state index contributed by atoms with van der Waals surface area (Å²) in [6.45, 7) is 0. The van der Waals surface area contributed by atoms with Crippen molar-refractivity contribution in [2.45, 2.75) is 48.7 Å². The fourth-order valence-corrected chi connectivity index (χ4v) is 5.38. The number of anilines is 1. The molecule has 0 heterocycles. The third-order valence-electron chi connectivity index (χ3n) is 4.79. The number of hydrogen-bond donors (Lipinski definition) is 1. The summed E-state index contributed by atoms with van der Waals surface area (Å²) in [5.41, 5.74) is 1.53. The number of amides is 1. The van der Waals surface area contributed by atoms with Gasteiger partial charge < -0.3 is 5.32 Å². The van der Waals surface area contributed by atoms with E-state index in [9.17, 15) is 13.2 Å². The van der Waals surface area contributed by atoms with Crippen LogP contribution in [0.15, 0.2) is 53.4 Å². The summed E-state index contributed by atoms with van der Waals surface area (Å²) < 4.78 is 25.1. The summed E-state index contributed by atoms with van der Waals surface area (Å²) in [6, 6.07) is 13.9. The van der Waals surface area contributed by atoms with Gasteiger partial charge in [0.2, 0.25) is 5.91 Å². The molecule has 0 bridgehead atoms. The lowest BCUT2D eigenvalue weighted by atomic mass is 10.1. The molecule has 138 valence electrons. The number of hydrogen-bond acceptors (Lipinski definition) is 3. The lowest BCUT2D eigenvalue weighted by Crippen LogP contribution is -2.18. The second-order valence-corrected chi connectivity index (χ2v) is 9.25. The lowest BCUT2D eigenvalue weighted by Gasteiger charge is -2.12. The highest BCUT2D eigenvalue weighted by Crippen LogP contribution is 2.30. The largest absolute Gasteiger partial charge is 0.326 e. The maximum absolute atomic E-state index is 12.6. The molecule has 0 spiro atoms. The van der Waals surface area contributed by atoms with Gasteiger partial charge in [-0.05, 0) is 55.2 Å². The van der Waals surface area contributed by atoms with Crippen molar-refractivity contribution in [1.82, 2.24) is 0 Å². The van der Waals surface area contributed by atoms with Crippen molar-refractivity contribution in [3.8, 4) is 0 Å². The Kier molecular flexibility index (Phi) is 5.99. The molecule has 2 aromatic carbocycles. The van der Waals surface area contributed by atoms with E-state index in [0.717, 1.165) is 31.2 Å². The van der Waals surface area contributed by atoms with Gasteiger partial charge >= 0.3 is 0 Å². The van der Waals surface area contributed by atoms with Crippen LogP contribution in [0.3, 0.4) is 0 Å². The van der Waals surface area contributed by atoms with Crippen molar-refractivity contribution in [2.24, 2.45) is 0 Å². The smallest absolute Gasteiger partial charge is 0.224 e. The number of carbonyl (C=O) groups is 1. The van der Waals surface area contributed by atoms with Gasteiger partial charge in [-0.3, -0.25) is 4.79 Å². The Morgan fingerprint density at radius 1 is 1.04 bits per heavy atom. The number of rotatable bonds is 6. The van der Waals surface area contributed by atoms with Gasteiger partial charge in [-0.2, -0.15) is 0 Å². The Bertz CT molecular complexity index is 872. The Labute approximate surface area is 159 Å². The second kappa shape index (κ2) is 8.23. The number of benzene rings is 2. The van der Waals surface area contributed by atoms with Gasteiger partial charge in [0.1, 0.15) is 0 Å². The molecule has 1 fully saturated rings. The van der Waals surface area contributed by atoms with E-state index in [0.29, 0.717) is 28.4 Å². The van der Waals surface area contributed by atoms with Gasteiger partial charge in [0, 0.05) is 17.1 Å². The molecule has 2 aromatic rings. The minimum absolute atomic E-state index is 0.128. The molecule has 0 unspecified atom stereocenters. The molecule has 1 aliphatic rings. The van der Waals surface area contributed by atoms with Crippen LogP contribution in [0.25, 0.3) is 0 Å². The van der Waals surface area contributed by atoms with Crippen molar-refractivity contribution < 1.29 is 13.2 Å². The van der Waals surface area contributed by atoms with E-state index in [1.807, 2.05) is 18.2 Å². The van der Waals surface area contributed by atoms with Gasteiger partial charge in [0.15, 0.2) is 9.84 Å². The van der Waals surface area contributed by atoms with Crippen LogP contribution in [0.2, 0.25) is 5.02 Å². The topological polar surface area (TPSA) is 63.2 Å². The van der Waals surface area contributed by atoms with Crippen LogP contribution in [-0.4, -0.2) is 19.6 Å². The van der Waals surface area contributed by atoms with Crippen LogP contribution >= 0.6 is 11.6 Å². The van der Waals surface area contributed by atoms with Crippen molar-refractivity contribution in [1.29, 1.82) is 0 Å². The second-order valence-electron chi connectivity index (χ2n) is 6.62. The molecule has 3 rings (SSSR count). The highest BCUT2D eigenvalue weighted by molar-refractivity contribution is 7.92. The highest BCUT2D eigenvalue weighted by atomic mass is 35.5. The van der Waals surface area contributed by atoms with Crippen LogP contribution in [0.5, 0.6) is 0 Å². The Hall–Kier alpha value is -1.85. The molecular formula is C20H22ClNO3S. The molecule has 1 aliphatic carbocycles. The van der Waals surface area contributed by atoms with Crippen LogP contribution in [0.1, 0.15) is 37.7 Å². The zero-order valence-corrected chi connectivity index (χ0v) is 16.0. The Morgan fingerprint density at radius 2 is 1.69 bits per heavy atom. The summed E-state index contributed by atoms with van der Waals surface area (Å²) in [4.78, 5) is 12.4. The molecule has 0 atom stereocenters. The summed E-state index contributed by atoms with van der Waals surface area (Å²) in [5.74, 6) is -0.128. The summed E-state index contributed by atoms with van der Waals surface area (Å²) >= 11 is 6.09. The molecule has 0 aromatic heterocycles. The molecule has 26 heavy (non-hydrogen) atoms. The van der Waals surface area contributed by atoms with Crippen LogP contribution in [-0.2, 0) is 21.1 Å². The Balaban J connectivity index is 1.58. The minimum Gasteiger partial charge on any atom is -0.326 e. The normalized spacial score (nSPS) is 15.1. The average Bonchev–Trinajstić information content (AvgIpc) is 3.17. The van der Waals surface area contributed by atoms with Gasteiger partial charge in [0.25, 0.3) is 0 Å². The molecule has 1 N–H and O–H groups in total. The quantitative estimate of drug-likeness (QED) is 0.780. The van der Waals surface area contributed by atoms with E-state index in [2.05, 4.69) is 5.32 Å². The Morgan fingerprint density at radius 3 is 2.35 bits per heavy atom. The number of aryl methyl sites for hydroxylation is 1. The third-order valence-corrected chi connectivity index (χ3v) is 7.43. The minimum atomic E-state index is -3.26. The van der Waals surface area contributed by atoms with E-state index in [-0.39, 0.29) is 11.2 Å². The van der Waals surface area contributed by atoms with Gasteiger partial charge in [-0.1, -0.05) is 42.6 Å². The zero-order chi connectivity index (χ0) is 18.6. The number of halogens is 1. The first-order chi connectivity index (χ1) is 12.5. The molecule has 0 aliphatic heterocycles. The van der Waals surface area contributed by atoms with Crippen LogP contribution < -0.4 is 5.32 Å². The van der Waals surface area contributed by atoms with Gasteiger partial charge in [0.05, 0.1) is 10.1 Å². The van der Waals surface area contributed by atoms with Crippen LogP contribution in [0.4, 0.5) is 5.69 Å². The molecule has 0 radical (unpaired) electrons. The van der Waals surface area contributed by atoms with Crippen molar-refractivity contribution >= 4 is 33.0 Å². The molecular weight excluding hydrogens is 370 g/mol. The van der Waals surface area contributed by atoms with Gasteiger partial charge in [-0.15, -0.1) is 0 Å². The summed E-state index contributed by atoms with van der Waals surface area (Å²) in [5, 5.41) is 3.19. The summed E-state index contributed by atoms with van der Waals surface area (Å²) in [7, 11) is -3.26. The molecule has 1 saturated carbocycles. The first-order valence-corrected chi connectivity index (χ1v) is 10.8. The predicted octanol–water partition coefficient (Wildman–Crippen LogP) is 4.63. The van der Waals surface area contributed by atoms with E-state index in [4.69, 9.17) is 11.6 Å². The number of sulfone groups is 1. The SMILES string of the molecule is O=C(CCc1ccccc1Cl)Nc1ccc(S(=O)(=O)C2CCCC2)cc1.